The molecule has 0 spiro atoms. The van der Waals surface area contributed by atoms with Gasteiger partial charge in [-0.15, -0.1) is 0 Å². The van der Waals surface area contributed by atoms with Gasteiger partial charge in [0.05, 0.1) is 12.1 Å². The van der Waals surface area contributed by atoms with Crippen molar-refractivity contribution in [3.05, 3.63) is 29.6 Å². The Kier molecular flexibility index (Phi) is 3.61. The number of nitrogens with two attached hydrogens (primary N) is 1. The molecule has 1 aromatic rings. The molecule has 1 heterocycles. The summed E-state index contributed by atoms with van der Waals surface area (Å²) in [6, 6.07) is 2.06. The van der Waals surface area contributed by atoms with Crippen LogP contribution in [-0.2, 0) is 10.3 Å². The van der Waals surface area contributed by atoms with Crippen LogP contribution in [0.1, 0.15) is 24.5 Å². The first-order chi connectivity index (χ1) is 6.62. The summed E-state index contributed by atoms with van der Waals surface area (Å²) >= 11 is 0. The van der Waals surface area contributed by atoms with Crippen molar-refractivity contribution in [2.45, 2.75) is 25.8 Å². The highest BCUT2D eigenvalue weighted by molar-refractivity contribution is 5.24. The Bertz CT molecular complexity index is 301. The Balaban J connectivity index is 2.99. The Morgan fingerprint density at radius 2 is 2.21 bits per heavy atom. The highest BCUT2D eigenvalue weighted by atomic mass is 16.5. The maximum atomic E-state index is 6.23. The van der Waals surface area contributed by atoms with Crippen LogP contribution in [0.2, 0.25) is 0 Å². The monoisotopic (exact) mass is 194 g/mol. The molecule has 0 aliphatic rings. The maximum Gasteiger partial charge on any atom is 0.0684 e. The number of methoxy groups -OCH3 is 1. The molecular formula is C11H18N2O. The summed E-state index contributed by atoms with van der Waals surface area (Å²) in [6.45, 7) is 4.59. The van der Waals surface area contributed by atoms with Crippen molar-refractivity contribution >= 4 is 0 Å². The number of aromatic nitrogens is 1. The van der Waals surface area contributed by atoms with Crippen molar-refractivity contribution in [3.63, 3.8) is 0 Å². The minimum atomic E-state index is -0.409. The van der Waals surface area contributed by atoms with Gasteiger partial charge >= 0.3 is 0 Å². The van der Waals surface area contributed by atoms with Gasteiger partial charge in [0, 0.05) is 19.5 Å². The van der Waals surface area contributed by atoms with Gasteiger partial charge in [-0.25, -0.2) is 0 Å². The fourth-order valence-electron chi connectivity index (χ4n) is 1.47. The number of rotatable bonds is 4. The number of pyridine rings is 1. The summed E-state index contributed by atoms with van der Waals surface area (Å²) in [6.07, 6.45) is 4.48. The third kappa shape index (κ3) is 2.30. The molecule has 14 heavy (non-hydrogen) atoms. The van der Waals surface area contributed by atoms with Crippen molar-refractivity contribution in [3.8, 4) is 0 Å². The minimum Gasteiger partial charge on any atom is -0.382 e. The van der Waals surface area contributed by atoms with E-state index in [9.17, 15) is 0 Å². The quantitative estimate of drug-likeness (QED) is 0.792. The molecule has 0 fully saturated rings. The van der Waals surface area contributed by atoms with E-state index in [0.717, 1.165) is 17.5 Å². The second kappa shape index (κ2) is 4.53. The first-order valence-electron chi connectivity index (χ1n) is 4.82. The molecule has 1 unspecified atom stereocenters. The van der Waals surface area contributed by atoms with Crippen molar-refractivity contribution < 1.29 is 4.74 Å². The van der Waals surface area contributed by atoms with Crippen LogP contribution in [0.5, 0.6) is 0 Å². The van der Waals surface area contributed by atoms with E-state index >= 15 is 0 Å². The number of ether oxygens (including phenoxy) is 1. The third-order valence-electron chi connectivity index (χ3n) is 2.48. The summed E-state index contributed by atoms with van der Waals surface area (Å²) in [5.41, 5.74) is 7.99. The molecule has 0 saturated heterocycles. The predicted molar refractivity (Wildman–Crippen MR) is 57.0 cm³/mol. The van der Waals surface area contributed by atoms with Crippen LogP contribution < -0.4 is 5.73 Å². The Labute approximate surface area is 85.3 Å². The molecule has 3 nitrogen and oxygen atoms in total. The van der Waals surface area contributed by atoms with Crippen molar-refractivity contribution in [1.82, 2.24) is 4.98 Å². The number of aryl methyl sites for hydroxylation is 1. The molecule has 2 N–H and O–H groups in total. The lowest BCUT2D eigenvalue weighted by Gasteiger charge is -2.27. The van der Waals surface area contributed by atoms with Gasteiger partial charge in [-0.05, 0) is 24.5 Å². The smallest absolute Gasteiger partial charge is 0.0684 e. The van der Waals surface area contributed by atoms with Crippen LogP contribution in [0.25, 0.3) is 0 Å². The molecule has 0 saturated carbocycles. The van der Waals surface area contributed by atoms with E-state index in [4.69, 9.17) is 10.5 Å². The van der Waals surface area contributed by atoms with Gasteiger partial charge in [0.25, 0.3) is 0 Å². The fourth-order valence-corrected chi connectivity index (χ4v) is 1.47. The summed E-state index contributed by atoms with van der Waals surface area (Å²) in [7, 11) is 1.67. The highest BCUT2D eigenvalue weighted by Gasteiger charge is 2.25. The van der Waals surface area contributed by atoms with E-state index in [1.165, 1.54) is 0 Å². The second-order valence-corrected chi connectivity index (χ2v) is 3.69. The van der Waals surface area contributed by atoms with E-state index in [0.29, 0.717) is 6.61 Å². The summed E-state index contributed by atoms with van der Waals surface area (Å²) in [5, 5.41) is 0. The fraction of sp³-hybridized carbons (Fsp3) is 0.545. The van der Waals surface area contributed by atoms with Crippen molar-refractivity contribution in [2.75, 3.05) is 13.7 Å². The zero-order valence-electron chi connectivity index (χ0n) is 9.08. The van der Waals surface area contributed by atoms with Crippen molar-refractivity contribution in [2.24, 2.45) is 5.73 Å². The van der Waals surface area contributed by atoms with E-state index in [1.807, 2.05) is 19.3 Å². The minimum absolute atomic E-state index is 0.409. The molecule has 0 amide bonds. The van der Waals surface area contributed by atoms with E-state index in [-0.39, 0.29) is 0 Å². The van der Waals surface area contributed by atoms with Crippen LogP contribution in [0.15, 0.2) is 18.5 Å². The Morgan fingerprint density at radius 1 is 1.50 bits per heavy atom. The van der Waals surface area contributed by atoms with Gasteiger partial charge in [-0.2, -0.15) is 0 Å². The van der Waals surface area contributed by atoms with E-state index in [1.54, 1.807) is 7.11 Å². The molecule has 1 aromatic heterocycles. The molecule has 0 bridgehead atoms. The Hall–Kier alpha value is -0.930. The number of hydrogen-bond acceptors (Lipinski definition) is 3. The zero-order valence-corrected chi connectivity index (χ0v) is 9.08. The van der Waals surface area contributed by atoms with Crippen LogP contribution in [0, 0.1) is 6.92 Å². The summed E-state index contributed by atoms with van der Waals surface area (Å²) in [4.78, 5) is 4.14. The van der Waals surface area contributed by atoms with Gasteiger partial charge in [-0.1, -0.05) is 13.0 Å². The first kappa shape index (κ1) is 11.1. The lowest BCUT2D eigenvalue weighted by molar-refractivity contribution is 0.129. The van der Waals surface area contributed by atoms with Gasteiger partial charge < -0.3 is 10.5 Å². The van der Waals surface area contributed by atoms with E-state index in [2.05, 4.69) is 18.0 Å². The average Bonchev–Trinajstić information content (AvgIpc) is 2.18. The average molecular weight is 194 g/mol. The zero-order chi connectivity index (χ0) is 10.6. The summed E-state index contributed by atoms with van der Waals surface area (Å²) < 4.78 is 5.14. The molecule has 1 atom stereocenters. The van der Waals surface area contributed by atoms with Crippen LogP contribution in [0.3, 0.4) is 0 Å². The highest BCUT2D eigenvalue weighted by Crippen LogP contribution is 2.22. The van der Waals surface area contributed by atoms with Crippen LogP contribution in [-0.4, -0.2) is 18.7 Å². The van der Waals surface area contributed by atoms with Gasteiger partial charge in [0.1, 0.15) is 0 Å². The SMILES string of the molecule is CCC(N)(COC)c1cncc(C)c1. The maximum absolute atomic E-state index is 6.23. The molecule has 0 aliphatic carbocycles. The molecular weight excluding hydrogens is 176 g/mol. The molecule has 1 rings (SSSR count). The first-order valence-corrected chi connectivity index (χ1v) is 4.82. The Morgan fingerprint density at radius 3 is 2.71 bits per heavy atom. The van der Waals surface area contributed by atoms with E-state index < -0.39 is 5.54 Å². The lowest BCUT2D eigenvalue weighted by atomic mass is 9.90. The molecule has 0 aliphatic heterocycles. The molecule has 3 heteroatoms. The van der Waals surface area contributed by atoms with Crippen molar-refractivity contribution in [1.29, 1.82) is 0 Å². The second-order valence-electron chi connectivity index (χ2n) is 3.69. The number of nitrogens with zero attached hydrogens (tertiary/aromatic N) is 1. The van der Waals surface area contributed by atoms with Gasteiger partial charge in [0.15, 0.2) is 0 Å². The van der Waals surface area contributed by atoms with Crippen LogP contribution in [0.4, 0.5) is 0 Å². The topological polar surface area (TPSA) is 48.1 Å². The predicted octanol–water partition coefficient (Wildman–Crippen LogP) is 1.60. The number of hydrogen-bond donors (Lipinski definition) is 1. The van der Waals surface area contributed by atoms with Gasteiger partial charge in [-0.3, -0.25) is 4.98 Å². The third-order valence-corrected chi connectivity index (χ3v) is 2.48. The lowest BCUT2D eigenvalue weighted by Crippen LogP contribution is -2.40. The summed E-state index contributed by atoms with van der Waals surface area (Å²) in [5.74, 6) is 0. The molecule has 78 valence electrons. The largest absolute Gasteiger partial charge is 0.382 e. The van der Waals surface area contributed by atoms with Gasteiger partial charge in [0.2, 0.25) is 0 Å². The van der Waals surface area contributed by atoms with Crippen LogP contribution >= 0.6 is 0 Å². The molecule has 0 radical (unpaired) electrons. The molecule has 0 aromatic carbocycles. The normalized spacial score (nSPS) is 15.1. The standard InChI is InChI=1S/C11H18N2O/c1-4-11(12,8-14-3)10-5-9(2)6-13-7-10/h5-7H,4,8,12H2,1-3H3.